The second-order valence-electron chi connectivity index (χ2n) is 6.98. The Bertz CT molecular complexity index is 792. The van der Waals surface area contributed by atoms with Crippen LogP contribution in [0.5, 0.6) is 0 Å². The van der Waals surface area contributed by atoms with Crippen molar-refractivity contribution >= 4 is 10.0 Å². The molecule has 1 aromatic heterocycles. The number of benzene rings is 1. The predicted octanol–water partition coefficient (Wildman–Crippen LogP) is 3.23. The Balaban J connectivity index is 1.97. The number of sulfonamides is 1. The molecule has 0 N–H and O–H groups in total. The summed E-state index contributed by atoms with van der Waals surface area (Å²) in [6, 6.07) is 12.9. The molecule has 1 aromatic carbocycles. The highest BCUT2D eigenvalue weighted by molar-refractivity contribution is 7.89. The van der Waals surface area contributed by atoms with Crippen molar-refractivity contribution in [3.63, 3.8) is 0 Å². The standard InChI is InChI=1S/C19H24N2O3S/c1-19(2)13-17(10-12-24-19)21(15-16-7-4-3-5-8-16)25(22,23)18-9-6-11-20-14-18/h3-9,11,14,17H,10,12-13,15H2,1-2H3/t17-/m1/s1. The highest BCUT2D eigenvalue weighted by Crippen LogP contribution is 2.31. The van der Waals surface area contributed by atoms with Crippen LogP contribution in [0.15, 0.2) is 59.8 Å². The van der Waals surface area contributed by atoms with Crippen molar-refractivity contribution in [3.8, 4) is 0 Å². The van der Waals surface area contributed by atoms with Gasteiger partial charge in [0.2, 0.25) is 10.0 Å². The Morgan fingerprint density at radius 3 is 2.60 bits per heavy atom. The first kappa shape index (κ1) is 18.0. The Labute approximate surface area is 149 Å². The molecule has 0 bridgehead atoms. The van der Waals surface area contributed by atoms with Crippen molar-refractivity contribution in [2.24, 2.45) is 0 Å². The van der Waals surface area contributed by atoms with Crippen LogP contribution in [0.1, 0.15) is 32.3 Å². The van der Waals surface area contributed by atoms with E-state index in [0.717, 1.165) is 5.56 Å². The molecule has 0 radical (unpaired) electrons. The van der Waals surface area contributed by atoms with E-state index < -0.39 is 10.0 Å². The summed E-state index contributed by atoms with van der Waals surface area (Å²) in [5, 5.41) is 0. The molecule has 5 nitrogen and oxygen atoms in total. The average Bonchev–Trinajstić information content (AvgIpc) is 2.60. The lowest BCUT2D eigenvalue weighted by Crippen LogP contribution is -2.48. The van der Waals surface area contributed by atoms with E-state index in [1.54, 1.807) is 22.6 Å². The predicted molar refractivity (Wildman–Crippen MR) is 96.5 cm³/mol. The molecule has 6 heteroatoms. The Morgan fingerprint density at radius 1 is 1.20 bits per heavy atom. The molecule has 2 aromatic rings. The summed E-state index contributed by atoms with van der Waals surface area (Å²) in [6.45, 7) is 4.93. The van der Waals surface area contributed by atoms with Crippen molar-refractivity contribution in [3.05, 3.63) is 60.4 Å². The van der Waals surface area contributed by atoms with Crippen LogP contribution in [0.2, 0.25) is 0 Å². The first-order valence-corrected chi connectivity index (χ1v) is 9.92. The summed E-state index contributed by atoms with van der Waals surface area (Å²) in [5.41, 5.74) is 0.641. The molecule has 1 saturated heterocycles. The fourth-order valence-corrected chi connectivity index (χ4v) is 4.86. The first-order valence-electron chi connectivity index (χ1n) is 8.48. The lowest BCUT2D eigenvalue weighted by atomic mass is 9.94. The minimum absolute atomic E-state index is 0.103. The maximum absolute atomic E-state index is 13.3. The van der Waals surface area contributed by atoms with Gasteiger partial charge in [-0.3, -0.25) is 4.98 Å². The van der Waals surface area contributed by atoms with Crippen molar-refractivity contribution in [2.45, 2.75) is 49.8 Å². The van der Waals surface area contributed by atoms with E-state index in [1.807, 2.05) is 44.2 Å². The third-order valence-electron chi connectivity index (χ3n) is 4.50. The van der Waals surface area contributed by atoms with Crippen LogP contribution in [-0.2, 0) is 21.3 Å². The van der Waals surface area contributed by atoms with Gasteiger partial charge in [-0.2, -0.15) is 4.31 Å². The molecular weight excluding hydrogens is 336 g/mol. The van der Waals surface area contributed by atoms with Crippen LogP contribution in [0.3, 0.4) is 0 Å². The number of ether oxygens (including phenoxy) is 1. The van der Waals surface area contributed by atoms with E-state index in [1.165, 1.54) is 6.20 Å². The fourth-order valence-electron chi connectivity index (χ4n) is 3.25. The van der Waals surface area contributed by atoms with Crippen LogP contribution in [0, 0.1) is 0 Å². The number of rotatable bonds is 5. The molecule has 1 aliphatic rings. The molecule has 0 unspecified atom stereocenters. The van der Waals surface area contributed by atoms with Gasteiger partial charge in [-0.25, -0.2) is 8.42 Å². The zero-order valence-corrected chi connectivity index (χ0v) is 15.4. The highest BCUT2D eigenvalue weighted by Gasteiger charge is 2.38. The van der Waals surface area contributed by atoms with Gasteiger partial charge < -0.3 is 4.74 Å². The van der Waals surface area contributed by atoms with E-state index in [9.17, 15) is 8.42 Å². The molecule has 3 rings (SSSR count). The molecule has 25 heavy (non-hydrogen) atoms. The quantitative estimate of drug-likeness (QED) is 0.821. The molecule has 134 valence electrons. The van der Waals surface area contributed by atoms with Crippen LogP contribution >= 0.6 is 0 Å². The Kier molecular flexibility index (Phi) is 5.22. The SMILES string of the molecule is CC1(C)C[C@H](N(Cc2ccccc2)S(=O)(=O)c2cccnc2)CCO1. The van der Waals surface area contributed by atoms with Crippen molar-refractivity contribution < 1.29 is 13.2 Å². The maximum Gasteiger partial charge on any atom is 0.245 e. The van der Waals surface area contributed by atoms with Crippen LogP contribution in [0.25, 0.3) is 0 Å². The van der Waals surface area contributed by atoms with E-state index in [4.69, 9.17) is 4.74 Å². The number of nitrogens with zero attached hydrogens (tertiary/aromatic N) is 2. The first-order chi connectivity index (χ1) is 11.9. The summed E-state index contributed by atoms with van der Waals surface area (Å²) in [6.07, 6.45) is 4.35. The third kappa shape index (κ3) is 4.26. The average molecular weight is 360 g/mol. The molecular formula is C19H24N2O3S. The van der Waals surface area contributed by atoms with E-state index in [2.05, 4.69) is 4.98 Å². The summed E-state index contributed by atoms with van der Waals surface area (Å²) in [7, 11) is -3.63. The Hall–Kier alpha value is -1.76. The zero-order valence-electron chi connectivity index (χ0n) is 14.6. The van der Waals surface area contributed by atoms with Crippen molar-refractivity contribution in [1.29, 1.82) is 0 Å². The summed E-state index contributed by atoms with van der Waals surface area (Å²) in [5.74, 6) is 0. The van der Waals surface area contributed by atoms with Gasteiger partial charge in [-0.15, -0.1) is 0 Å². The van der Waals surface area contributed by atoms with Crippen LogP contribution in [-0.4, -0.2) is 36.0 Å². The lowest BCUT2D eigenvalue weighted by Gasteiger charge is -2.40. The van der Waals surface area contributed by atoms with Crippen molar-refractivity contribution in [2.75, 3.05) is 6.61 Å². The van der Waals surface area contributed by atoms with Gasteiger partial charge in [-0.05, 0) is 44.4 Å². The van der Waals surface area contributed by atoms with E-state index in [-0.39, 0.29) is 16.5 Å². The zero-order chi connectivity index (χ0) is 17.9. The molecule has 1 fully saturated rings. The van der Waals surface area contributed by atoms with E-state index >= 15 is 0 Å². The molecule has 0 spiro atoms. The maximum atomic E-state index is 13.3. The largest absolute Gasteiger partial charge is 0.375 e. The van der Waals surface area contributed by atoms with Gasteiger partial charge in [0.05, 0.1) is 5.60 Å². The van der Waals surface area contributed by atoms with Gasteiger partial charge in [0.15, 0.2) is 0 Å². The summed E-state index contributed by atoms with van der Waals surface area (Å²) >= 11 is 0. The van der Waals surface area contributed by atoms with Gasteiger partial charge in [-0.1, -0.05) is 30.3 Å². The number of hydrogen-bond donors (Lipinski definition) is 0. The topological polar surface area (TPSA) is 59.5 Å². The van der Waals surface area contributed by atoms with Gasteiger partial charge in [0, 0.05) is 31.6 Å². The lowest BCUT2D eigenvalue weighted by molar-refractivity contribution is -0.0735. The third-order valence-corrected chi connectivity index (χ3v) is 6.38. The second-order valence-corrected chi connectivity index (χ2v) is 8.87. The molecule has 0 amide bonds. The minimum atomic E-state index is -3.63. The fraction of sp³-hybridized carbons (Fsp3) is 0.421. The monoisotopic (exact) mass is 360 g/mol. The van der Waals surface area contributed by atoms with Crippen molar-refractivity contribution in [1.82, 2.24) is 9.29 Å². The minimum Gasteiger partial charge on any atom is -0.375 e. The van der Waals surface area contributed by atoms with Crippen LogP contribution < -0.4 is 0 Å². The highest BCUT2D eigenvalue weighted by atomic mass is 32.2. The number of pyridine rings is 1. The van der Waals surface area contributed by atoms with Gasteiger partial charge in [0.25, 0.3) is 0 Å². The summed E-state index contributed by atoms with van der Waals surface area (Å²) < 4.78 is 34.0. The van der Waals surface area contributed by atoms with E-state index in [0.29, 0.717) is 26.0 Å². The number of hydrogen-bond acceptors (Lipinski definition) is 4. The van der Waals surface area contributed by atoms with Gasteiger partial charge in [0.1, 0.15) is 4.90 Å². The number of aromatic nitrogens is 1. The molecule has 0 saturated carbocycles. The molecule has 2 heterocycles. The second kappa shape index (κ2) is 7.23. The summed E-state index contributed by atoms with van der Waals surface area (Å²) in [4.78, 5) is 4.22. The molecule has 1 atom stereocenters. The smallest absolute Gasteiger partial charge is 0.245 e. The van der Waals surface area contributed by atoms with Gasteiger partial charge >= 0.3 is 0 Å². The molecule has 0 aliphatic carbocycles. The molecule has 1 aliphatic heterocycles. The van der Waals surface area contributed by atoms with Crippen LogP contribution in [0.4, 0.5) is 0 Å². The Morgan fingerprint density at radius 2 is 1.96 bits per heavy atom. The normalized spacial score (nSPS) is 20.5.